The van der Waals surface area contributed by atoms with Gasteiger partial charge in [-0.15, -0.1) is 0 Å². The summed E-state index contributed by atoms with van der Waals surface area (Å²) in [7, 11) is 0. The van der Waals surface area contributed by atoms with Gasteiger partial charge < -0.3 is 9.47 Å². The molecule has 0 bridgehead atoms. The number of carbonyl (C=O) groups is 1. The quantitative estimate of drug-likeness (QED) is 0.230. The summed E-state index contributed by atoms with van der Waals surface area (Å²) in [5.41, 5.74) is 3.88. The Morgan fingerprint density at radius 2 is 1.67 bits per heavy atom. The molecule has 0 aliphatic heterocycles. The van der Waals surface area contributed by atoms with E-state index in [2.05, 4.69) is 25.2 Å². The van der Waals surface area contributed by atoms with Gasteiger partial charge in [-0.25, -0.2) is 4.79 Å². The van der Waals surface area contributed by atoms with Gasteiger partial charge in [0.1, 0.15) is 6.10 Å². The highest BCUT2D eigenvalue weighted by atomic mass is 16.5. The highest BCUT2D eigenvalue weighted by Gasteiger charge is 2.17. The van der Waals surface area contributed by atoms with E-state index < -0.39 is 0 Å². The summed E-state index contributed by atoms with van der Waals surface area (Å²) in [5, 5.41) is 0. The van der Waals surface area contributed by atoms with Crippen LogP contribution in [0, 0.1) is 0 Å². The Morgan fingerprint density at radius 3 is 2.33 bits per heavy atom. The van der Waals surface area contributed by atoms with Crippen molar-refractivity contribution < 1.29 is 14.3 Å². The summed E-state index contributed by atoms with van der Waals surface area (Å²) in [6, 6.07) is 17.6. The third-order valence-corrected chi connectivity index (χ3v) is 6.14. The minimum absolute atomic E-state index is 0.169. The lowest BCUT2D eigenvalue weighted by Crippen LogP contribution is -2.12. The number of unbranched alkanes of at least 4 members (excludes halogenated alkanes) is 5. The van der Waals surface area contributed by atoms with Crippen LogP contribution in [0.1, 0.15) is 92.8 Å². The molecule has 0 heterocycles. The summed E-state index contributed by atoms with van der Waals surface area (Å²) >= 11 is 0. The number of rotatable bonds is 13. The molecule has 2 unspecified atom stereocenters. The lowest BCUT2D eigenvalue weighted by molar-refractivity contribution is 0.0288. The van der Waals surface area contributed by atoms with Crippen LogP contribution in [0.4, 0.5) is 0 Å². The molecule has 33 heavy (non-hydrogen) atoms. The Balaban J connectivity index is 1.45. The van der Waals surface area contributed by atoms with E-state index in [0.717, 1.165) is 37.0 Å². The standard InChI is InChI=1S/C30H38O3/c1-3-5-6-7-8-12-23-32-28-21-19-25(20-22-28)24-15-17-27(18-16-24)30(31)33-29(4-2)26-13-10-9-11-14-26/h9-11,13-21,28-29H,3-8,12,22-23H2,1-2H3. The van der Waals surface area contributed by atoms with Crippen molar-refractivity contribution in [3.05, 3.63) is 89.5 Å². The molecule has 0 aromatic heterocycles. The molecule has 0 amide bonds. The smallest absolute Gasteiger partial charge is 0.338 e. The average molecular weight is 447 g/mol. The maximum atomic E-state index is 12.6. The molecular weight excluding hydrogens is 408 g/mol. The minimum atomic E-state index is -0.284. The predicted molar refractivity (Wildman–Crippen MR) is 136 cm³/mol. The van der Waals surface area contributed by atoms with Crippen LogP contribution >= 0.6 is 0 Å². The zero-order valence-corrected chi connectivity index (χ0v) is 20.2. The van der Waals surface area contributed by atoms with Gasteiger partial charge in [-0.05, 0) is 48.1 Å². The molecular formula is C30H38O3. The molecule has 176 valence electrons. The van der Waals surface area contributed by atoms with E-state index in [4.69, 9.17) is 9.47 Å². The fourth-order valence-corrected chi connectivity index (χ4v) is 4.11. The normalized spacial score (nSPS) is 16.3. The second-order valence-electron chi connectivity index (χ2n) is 8.72. The fourth-order valence-electron chi connectivity index (χ4n) is 4.11. The summed E-state index contributed by atoms with van der Waals surface area (Å²) in [4.78, 5) is 12.6. The summed E-state index contributed by atoms with van der Waals surface area (Å²) in [5.74, 6) is -0.284. The fraction of sp³-hybridized carbons (Fsp3) is 0.433. The average Bonchev–Trinajstić information content (AvgIpc) is 2.87. The maximum Gasteiger partial charge on any atom is 0.338 e. The molecule has 3 rings (SSSR count). The van der Waals surface area contributed by atoms with Crippen LogP contribution in [-0.4, -0.2) is 18.7 Å². The van der Waals surface area contributed by atoms with Gasteiger partial charge in [0.15, 0.2) is 0 Å². The molecule has 0 spiro atoms. The van der Waals surface area contributed by atoms with Crippen molar-refractivity contribution in [1.29, 1.82) is 0 Å². The second-order valence-corrected chi connectivity index (χ2v) is 8.72. The lowest BCUT2D eigenvalue weighted by Gasteiger charge is -2.18. The molecule has 1 aliphatic carbocycles. The Bertz CT molecular complexity index is 896. The highest BCUT2D eigenvalue weighted by Crippen LogP contribution is 2.25. The molecule has 3 nitrogen and oxygen atoms in total. The summed E-state index contributed by atoms with van der Waals surface area (Å²) < 4.78 is 11.8. The van der Waals surface area contributed by atoms with E-state index in [-0.39, 0.29) is 18.2 Å². The zero-order valence-electron chi connectivity index (χ0n) is 20.2. The highest BCUT2D eigenvalue weighted by molar-refractivity contribution is 5.90. The van der Waals surface area contributed by atoms with Crippen molar-refractivity contribution in [2.24, 2.45) is 0 Å². The molecule has 1 aliphatic rings. The second kappa shape index (κ2) is 13.8. The van der Waals surface area contributed by atoms with Gasteiger partial charge in [0.05, 0.1) is 11.7 Å². The van der Waals surface area contributed by atoms with E-state index in [0.29, 0.717) is 5.56 Å². The summed E-state index contributed by atoms with van der Waals surface area (Å²) in [6.07, 6.45) is 15.8. The Hall–Kier alpha value is -2.65. The Morgan fingerprint density at radius 1 is 0.939 bits per heavy atom. The van der Waals surface area contributed by atoms with E-state index in [1.165, 1.54) is 37.7 Å². The van der Waals surface area contributed by atoms with Crippen LogP contribution in [0.5, 0.6) is 0 Å². The van der Waals surface area contributed by atoms with Crippen molar-refractivity contribution >= 4 is 11.5 Å². The van der Waals surface area contributed by atoms with Gasteiger partial charge in [0.25, 0.3) is 0 Å². The van der Waals surface area contributed by atoms with Crippen molar-refractivity contribution in [2.45, 2.75) is 77.4 Å². The lowest BCUT2D eigenvalue weighted by atomic mass is 9.97. The van der Waals surface area contributed by atoms with Crippen molar-refractivity contribution in [3.63, 3.8) is 0 Å². The topological polar surface area (TPSA) is 35.5 Å². The van der Waals surface area contributed by atoms with E-state index in [1.54, 1.807) is 0 Å². The van der Waals surface area contributed by atoms with Gasteiger partial charge in [-0.2, -0.15) is 0 Å². The molecule has 2 aromatic rings. The number of hydrogen-bond acceptors (Lipinski definition) is 3. The molecule has 0 saturated heterocycles. The molecule has 0 radical (unpaired) electrons. The largest absolute Gasteiger partial charge is 0.454 e. The van der Waals surface area contributed by atoms with Gasteiger partial charge in [0, 0.05) is 6.61 Å². The van der Waals surface area contributed by atoms with Crippen LogP contribution in [-0.2, 0) is 9.47 Å². The van der Waals surface area contributed by atoms with Crippen molar-refractivity contribution in [1.82, 2.24) is 0 Å². The van der Waals surface area contributed by atoms with Crippen molar-refractivity contribution in [2.75, 3.05) is 6.61 Å². The molecule has 0 fully saturated rings. The Kier molecular flexibility index (Phi) is 10.4. The monoisotopic (exact) mass is 446 g/mol. The SMILES string of the molecule is CCCCCCCCOC1C=CC(c2ccc(C(=O)OC(CC)c3ccccc3)cc2)=CC1. The van der Waals surface area contributed by atoms with Crippen molar-refractivity contribution in [3.8, 4) is 0 Å². The first kappa shape index (κ1) is 25.0. The molecule has 2 atom stereocenters. The van der Waals surface area contributed by atoms with Crippen LogP contribution in [0.3, 0.4) is 0 Å². The van der Waals surface area contributed by atoms with Gasteiger partial charge in [-0.1, -0.05) is 107 Å². The Labute approximate surface area is 199 Å². The van der Waals surface area contributed by atoms with E-state index in [9.17, 15) is 4.79 Å². The van der Waals surface area contributed by atoms with Gasteiger partial charge in [-0.3, -0.25) is 0 Å². The number of carbonyl (C=O) groups excluding carboxylic acids is 1. The summed E-state index contributed by atoms with van der Waals surface area (Å²) in [6.45, 7) is 5.11. The predicted octanol–water partition coefficient (Wildman–Crippen LogP) is 8.08. The van der Waals surface area contributed by atoms with E-state index >= 15 is 0 Å². The third kappa shape index (κ3) is 8.01. The number of hydrogen-bond donors (Lipinski definition) is 0. The van der Waals surface area contributed by atoms with Gasteiger partial charge >= 0.3 is 5.97 Å². The minimum Gasteiger partial charge on any atom is -0.454 e. The maximum absolute atomic E-state index is 12.6. The number of ether oxygens (including phenoxy) is 2. The van der Waals surface area contributed by atoms with Crippen LogP contribution in [0.2, 0.25) is 0 Å². The first-order valence-electron chi connectivity index (χ1n) is 12.6. The van der Waals surface area contributed by atoms with E-state index in [1.807, 2.05) is 61.5 Å². The van der Waals surface area contributed by atoms with Gasteiger partial charge in [0.2, 0.25) is 0 Å². The van der Waals surface area contributed by atoms with Crippen LogP contribution < -0.4 is 0 Å². The molecule has 3 heteroatoms. The molecule has 0 N–H and O–H groups in total. The first-order chi connectivity index (χ1) is 16.2. The van der Waals surface area contributed by atoms with Crippen LogP contribution in [0.25, 0.3) is 5.57 Å². The van der Waals surface area contributed by atoms with Crippen LogP contribution in [0.15, 0.2) is 72.8 Å². The molecule has 2 aromatic carbocycles. The first-order valence-corrected chi connectivity index (χ1v) is 12.6. The number of benzene rings is 2. The zero-order chi connectivity index (χ0) is 23.3. The molecule has 0 saturated carbocycles. The third-order valence-electron chi connectivity index (χ3n) is 6.14. The number of esters is 1. The number of allylic oxidation sites excluding steroid dienone is 2.